The fraction of sp³-hybridized carbons (Fsp3) is 0.700. The first-order valence-electron chi connectivity index (χ1n) is 7.91. The van der Waals surface area contributed by atoms with Crippen molar-refractivity contribution in [3.8, 4) is 0 Å². The Bertz CT molecular complexity index is 554. The molecule has 0 heteroatoms. The number of hydrogen-bond donors (Lipinski definition) is 0. The van der Waals surface area contributed by atoms with Crippen LogP contribution in [0, 0.1) is 24.7 Å². The summed E-state index contributed by atoms with van der Waals surface area (Å²) in [5.74, 6) is 0. The molecule has 0 fully saturated rings. The molecule has 0 saturated carbocycles. The molecule has 0 atom stereocenters. The van der Waals surface area contributed by atoms with Crippen LogP contribution in [0.2, 0.25) is 0 Å². The maximum Gasteiger partial charge on any atom is -0.00414 e. The van der Waals surface area contributed by atoms with Crippen molar-refractivity contribution in [1.82, 2.24) is 0 Å². The quantitative estimate of drug-likeness (QED) is 0.549. The maximum atomic E-state index is 2.46. The van der Waals surface area contributed by atoms with E-state index in [2.05, 4.69) is 81.4 Å². The smallest absolute Gasteiger partial charge is 0.00414 e. The fourth-order valence-electron chi connectivity index (χ4n) is 4.35. The lowest BCUT2D eigenvalue weighted by Crippen LogP contribution is -2.60. The average molecular weight is 272 g/mol. The second-order valence-corrected chi connectivity index (χ2v) is 8.93. The Kier molecular flexibility index (Phi) is 3.04. The number of hydrogen-bond acceptors (Lipinski definition) is 0. The molecule has 0 nitrogen and oxygen atoms in total. The zero-order valence-corrected chi connectivity index (χ0v) is 15.2. The van der Waals surface area contributed by atoms with Gasteiger partial charge in [-0.25, -0.2) is 0 Å². The molecule has 0 amide bonds. The Morgan fingerprint density at radius 3 is 1.60 bits per heavy atom. The average Bonchev–Trinajstić information content (AvgIpc) is 2.29. The van der Waals surface area contributed by atoms with Crippen molar-refractivity contribution >= 4 is 0 Å². The summed E-state index contributed by atoms with van der Waals surface area (Å²) < 4.78 is 0. The zero-order valence-electron chi connectivity index (χ0n) is 15.2. The minimum absolute atomic E-state index is 0.178. The summed E-state index contributed by atoms with van der Waals surface area (Å²) in [5.41, 5.74) is 6.87. The van der Waals surface area contributed by atoms with Gasteiger partial charge in [-0.1, -0.05) is 67.5 Å². The predicted molar refractivity (Wildman–Crippen MR) is 89.5 cm³/mol. The fourth-order valence-corrected chi connectivity index (χ4v) is 4.35. The van der Waals surface area contributed by atoms with E-state index in [1.807, 2.05) is 0 Å². The van der Waals surface area contributed by atoms with Crippen molar-refractivity contribution in [3.05, 3.63) is 34.4 Å². The van der Waals surface area contributed by atoms with Crippen LogP contribution in [0.15, 0.2) is 12.1 Å². The van der Waals surface area contributed by atoms with Crippen molar-refractivity contribution in [2.24, 2.45) is 10.8 Å². The minimum atomic E-state index is 0.178. The molecule has 0 unspecified atom stereocenters. The molecule has 0 N–H and O–H groups in total. The lowest BCUT2D eigenvalue weighted by Gasteiger charge is -2.64. The third kappa shape index (κ3) is 1.49. The summed E-state index contributed by atoms with van der Waals surface area (Å²) in [4.78, 5) is 0. The van der Waals surface area contributed by atoms with Crippen molar-refractivity contribution in [3.63, 3.8) is 0 Å². The lowest BCUT2D eigenvalue weighted by atomic mass is 9.39. The number of rotatable bonds is 0. The highest BCUT2D eigenvalue weighted by Crippen LogP contribution is 2.65. The molecule has 1 aliphatic carbocycles. The molecular formula is C20H32. The monoisotopic (exact) mass is 272 g/mol. The van der Waals surface area contributed by atoms with Gasteiger partial charge in [0, 0.05) is 0 Å². The van der Waals surface area contributed by atoms with E-state index in [1.165, 1.54) is 11.1 Å². The van der Waals surface area contributed by atoms with E-state index >= 15 is 0 Å². The van der Waals surface area contributed by atoms with Crippen molar-refractivity contribution in [1.29, 1.82) is 0 Å². The summed E-state index contributed by atoms with van der Waals surface area (Å²) in [5, 5.41) is 0. The van der Waals surface area contributed by atoms with Gasteiger partial charge >= 0.3 is 0 Å². The standard InChI is InChI=1S/C20H32/c1-13-11-12-15-16(14(13)2)18(5,6)20(9,10)19(7,8)17(15,3)4/h11-12H,1-10H3. The van der Waals surface area contributed by atoms with E-state index in [-0.39, 0.29) is 21.7 Å². The van der Waals surface area contributed by atoms with Gasteiger partial charge in [0.1, 0.15) is 0 Å². The predicted octanol–water partition coefficient (Wildman–Crippen LogP) is 5.92. The first-order valence-corrected chi connectivity index (χ1v) is 7.91. The van der Waals surface area contributed by atoms with Gasteiger partial charge in [-0.2, -0.15) is 0 Å². The van der Waals surface area contributed by atoms with Crippen LogP contribution in [0.4, 0.5) is 0 Å². The Morgan fingerprint density at radius 2 is 1.10 bits per heavy atom. The Balaban J connectivity index is 2.97. The highest BCUT2D eigenvalue weighted by Gasteiger charge is 2.60. The Labute approximate surface area is 126 Å². The van der Waals surface area contributed by atoms with E-state index in [9.17, 15) is 0 Å². The molecular weight excluding hydrogens is 240 g/mol. The van der Waals surface area contributed by atoms with Gasteiger partial charge in [-0.3, -0.25) is 0 Å². The van der Waals surface area contributed by atoms with E-state index in [4.69, 9.17) is 0 Å². The molecule has 0 aromatic heterocycles. The van der Waals surface area contributed by atoms with Crippen molar-refractivity contribution in [2.45, 2.75) is 80.1 Å². The molecule has 0 saturated heterocycles. The normalized spacial score (nSPS) is 25.1. The molecule has 1 aromatic carbocycles. The first-order chi connectivity index (χ1) is 8.80. The summed E-state index contributed by atoms with van der Waals surface area (Å²) in [6.45, 7) is 24.1. The molecule has 2 rings (SSSR count). The van der Waals surface area contributed by atoms with E-state index in [0.29, 0.717) is 0 Å². The van der Waals surface area contributed by atoms with Gasteiger partial charge in [0.25, 0.3) is 0 Å². The minimum Gasteiger partial charge on any atom is -0.0587 e. The van der Waals surface area contributed by atoms with Crippen LogP contribution >= 0.6 is 0 Å². The molecule has 0 aliphatic heterocycles. The van der Waals surface area contributed by atoms with Gasteiger partial charge in [-0.05, 0) is 57.8 Å². The van der Waals surface area contributed by atoms with E-state index in [0.717, 1.165) is 0 Å². The highest BCUT2D eigenvalue weighted by molar-refractivity contribution is 5.52. The first kappa shape index (κ1) is 15.6. The molecule has 1 aromatic rings. The second kappa shape index (κ2) is 3.90. The molecule has 1 aliphatic rings. The summed E-state index contributed by atoms with van der Waals surface area (Å²) in [7, 11) is 0. The number of aryl methyl sites for hydroxylation is 1. The van der Waals surface area contributed by atoms with E-state index < -0.39 is 0 Å². The zero-order chi connectivity index (χ0) is 15.7. The third-order valence-electron chi connectivity index (χ3n) is 7.72. The number of benzene rings is 1. The van der Waals surface area contributed by atoms with Crippen molar-refractivity contribution < 1.29 is 0 Å². The molecule has 112 valence electrons. The molecule has 0 bridgehead atoms. The molecule has 0 heterocycles. The summed E-state index contributed by atoms with van der Waals surface area (Å²) >= 11 is 0. The third-order valence-corrected chi connectivity index (χ3v) is 7.72. The summed E-state index contributed by atoms with van der Waals surface area (Å²) in [6.07, 6.45) is 0. The summed E-state index contributed by atoms with van der Waals surface area (Å²) in [6, 6.07) is 4.69. The van der Waals surface area contributed by atoms with Crippen LogP contribution in [0.1, 0.15) is 77.6 Å². The van der Waals surface area contributed by atoms with Crippen LogP contribution in [-0.2, 0) is 10.8 Å². The van der Waals surface area contributed by atoms with Gasteiger partial charge in [-0.15, -0.1) is 0 Å². The van der Waals surface area contributed by atoms with Crippen LogP contribution in [0.5, 0.6) is 0 Å². The highest BCUT2D eigenvalue weighted by atomic mass is 14.6. The lowest BCUT2D eigenvalue weighted by molar-refractivity contribution is -0.0445. The van der Waals surface area contributed by atoms with Gasteiger partial charge < -0.3 is 0 Å². The topological polar surface area (TPSA) is 0 Å². The van der Waals surface area contributed by atoms with Crippen LogP contribution in [0.3, 0.4) is 0 Å². The second-order valence-electron chi connectivity index (χ2n) is 8.93. The number of fused-ring (bicyclic) bond motifs is 1. The maximum absolute atomic E-state index is 2.46. The van der Waals surface area contributed by atoms with Gasteiger partial charge in [0.15, 0.2) is 0 Å². The van der Waals surface area contributed by atoms with Crippen LogP contribution in [0.25, 0.3) is 0 Å². The van der Waals surface area contributed by atoms with Gasteiger partial charge in [0.2, 0.25) is 0 Å². The Hall–Kier alpha value is -0.780. The van der Waals surface area contributed by atoms with Crippen LogP contribution < -0.4 is 0 Å². The van der Waals surface area contributed by atoms with Crippen LogP contribution in [-0.4, -0.2) is 0 Å². The van der Waals surface area contributed by atoms with Gasteiger partial charge in [0.05, 0.1) is 0 Å². The van der Waals surface area contributed by atoms with Crippen molar-refractivity contribution in [2.75, 3.05) is 0 Å². The molecule has 20 heavy (non-hydrogen) atoms. The SMILES string of the molecule is Cc1ccc2c(c1C)C(C)(C)C(C)(C)C(C)(C)C2(C)C. The molecule has 0 spiro atoms. The van der Waals surface area contributed by atoms with E-state index in [1.54, 1.807) is 11.1 Å². The molecule has 0 radical (unpaired) electrons. The Morgan fingerprint density at radius 1 is 0.650 bits per heavy atom. The largest absolute Gasteiger partial charge is 0.0587 e.